The van der Waals surface area contributed by atoms with Crippen molar-refractivity contribution >= 4 is 17.2 Å². The Bertz CT molecular complexity index is 695. The molecule has 1 amide bonds. The van der Waals surface area contributed by atoms with Crippen molar-refractivity contribution in [3.8, 4) is 18.9 Å². The molecular weight excluding hydrogens is 358 g/mol. The van der Waals surface area contributed by atoms with Crippen LogP contribution in [0.15, 0.2) is 24.9 Å². The van der Waals surface area contributed by atoms with Gasteiger partial charge in [-0.3, -0.25) is 4.79 Å². The van der Waals surface area contributed by atoms with Crippen LogP contribution in [-0.4, -0.2) is 42.5 Å². The molecule has 0 spiro atoms. The second-order valence-electron chi connectivity index (χ2n) is 5.41. The predicted octanol–water partition coefficient (Wildman–Crippen LogP) is 2.16. The molecule has 0 saturated heterocycles. The highest BCUT2D eigenvalue weighted by Crippen LogP contribution is 2.32. The summed E-state index contributed by atoms with van der Waals surface area (Å²) in [7, 11) is 1.87. The Hall–Kier alpha value is -2.58. The normalized spacial score (nSPS) is 12.0. The molecule has 0 bridgehead atoms. The zero-order valence-corrected chi connectivity index (χ0v) is 17.2. The van der Waals surface area contributed by atoms with Crippen LogP contribution < -0.4 is 11.2 Å². The minimum atomic E-state index is -0.00402. The molecule has 6 nitrogen and oxygen atoms in total. The summed E-state index contributed by atoms with van der Waals surface area (Å²) < 4.78 is 0. The molecule has 146 valence electrons. The van der Waals surface area contributed by atoms with Crippen LogP contribution in [0.25, 0.3) is 0 Å². The maximum atomic E-state index is 11.9. The molecule has 1 aromatic rings. The van der Waals surface area contributed by atoms with Gasteiger partial charge in [-0.2, -0.15) is 5.26 Å². The number of nitrogens with one attached hydrogen (secondary N) is 1. The highest BCUT2D eigenvalue weighted by molar-refractivity contribution is 7.12. The lowest BCUT2D eigenvalue weighted by molar-refractivity contribution is -0.126. The maximum Gasteiger partial charge on any atom is 0.246 e. The van der Waals surface area contributed by atoms with Gasteiger partial charge in [0.2, 0.25) is 5.91 Å². The molecule has 3 N–H and O–H groups in total. The summed E-state index contributed by atoms with van der Waals surface area (Å²) in [4.78, 5) is 15.6. The molecule has 0 radical (unpaired) electrons. The molecule has 2 rings (SSSR count). The Morgan fingerprint density at radius 1 is 1.56 bits per heavy atom. The summed E-state index contributed by atoms with van der Waals surface area (Å²) in [5.74, 6) is -0.00402. The molecular formula is C20H29N5OS. The number of nitrogens with two attached hydrogens (primary N) is 1. The number of hydrogen-bond donors (Lipinski definition) is 2. The van der Waals surface area contributed by atoms with E-state index in [1.165, 1.54) is 23.0 Å². The monoisotopic (exact) mass is 387 g/mol. The van der Waals surface area contributed by atoms with E-state index in [2.05, 4.69) is 37.8 Å². The fraction of sp³-hybridized carbons (Fsp3) is 0.400. The van der Waals surface area contributed by atoms with Gasteiger partial charge in [-0.25, -0.2) is 5.43 Å². The highest BCUT2D eigenvalue weighted by atomic mass is 32.1. The Morgan fingerprint density at radius 3 is 2.67 bits per heavy atom. The Balaban J connectivity index is 0.000000637. The van der Waals surface area contributed by atoms with E-state index in [4.69, 9.17) is 11.0 Å². The number of terminal acetylenes is 1. The molecule has 1 aromatic heterocycles. The van der Waals surface area contributed by atoms with Gasteiger partial charge in [-0.1, -0.05) is 12.7 Å². The van der Waals surface area contributed by atoms with Gasteiger partial charge in [0, 0.05) is 43.8 Å². The van der Waals surface area contributed by atoms with Crippen LogP contribution in [0, 0.1) is 31.1 Å². The lowest BCUT2D eigenvalue weighted by Crippen LogP contribution is -2.34. The molecule has 0 fully saturated rings. The lowest BCUT2D eigenvalue weighted by atomic mass is 10.0. The van der Waals surface area contributed by atoms with Crippen molar-refractivity contribution in [2.24, 2.45) is 5.73 Å². The minimum Gasteiger partial charge on any atom is -0.334 e. The van der Waals surface area contributed by atoms with E-state index >= 15 is 0 Å². The number of carbonyl (C=O) groups excluding carboxylic acids is 1. The standard InChI is InChI=1S/C13H15N3OS.C5H12N2.C2H2/c1-9-10-4-6-16(13(17)3-2-5-14)8-12(10)18-11(9)7-15;1-4-7(5-2)6-3;1-2/h2-3H,4-6,8,14H2,1H3;4,6H,1,5H2,2-3H3;1-2H/b3-2+;;. The molecule has 1 aliphatic rings. The number of hydrogen-bond acceptors (Lipinski definition) is 6. The largest absolute Gasteiger partial charge is 0.334 e. The molecule has 0 aromatic carbocycles. The predicted molar refractivity (Wildman–Crippen MR) is 113 cm³/mol. The molecule has 27 heavy (non-hydrogen) atoms. The van der Waals surface area contributed by atoms with E-state index in [0.717, 1.165) is 28.3 Å². The van der Waals surface area contributed by atoms with Crippen LogP contribution in [0.2, 0.25) is 0 Å². The van der Waals surface area contributed by atoms with Gasteiger partial charge in [-0.05, 0) is 31.4 Å². The highest BCUT2D eigenvalue weighted by Gasteiger charge is 2.24. The summed E-state index contributed by atoms with van der Waals surface area (Å²) in [5, 5.41) is 10.9. The summed E-state index contributed by atoms with van der Waals surface area (Å²) in [6.45, 7) is 10.3. The van der Waals surface area contributed by atoms with Gasteiger partial charge < -0.3 is 15.6 Å². The van der Waals surface area contributed by atoms with Crippen LogP contribution in [-0.2, 0) is 17.8 Å². The summed E-state index contributed by atoms with van der Waals surface area (Å²) in [6.07, 6.45) is 13.8. The van der Waals surface area contributed by atoms with E-state index in [0.29, 0.717) is 19.6 Å². The maximum absolute atomic E-state index is 11.9. The SMILES string of the molecule is C#C.C=CN(CC)NC.Cc1c(C#N)sc2c1CCN(C(=O)/C=C/CN)C2. The molecule has 0 saturated carbocycles. The topological polar surface area (TPSA) is 85.4 Å². The van der Waals surface area contributed by atoms with Gasteiger partial charge in [0.25, 0.3) is 0 Å². The smallest absolute Gasteiger partial charge is 0.246 e. The third-order valence-electron chi connectivity index (χ3n) is 3.98. The third-order valence-corrected chi connectivity index (χ3v) is 5.20. The van der Waals surface area contributed by atoms with Crippen molar-refractivity contribution in [3.63, 3.8) is 0 Å². The molecule has 1 aliphatic heterocycles. The molecule has 0 aliphatic carbocycles. The zero-order valence-electron chi connectivity index (χ0n) is 16.4. The molecule has 2 heterocycles. The lowest BCUT2D eigenvalue weighted by Gasteiger charge is -2.26. The van der Waals surface area contributed by atoms with Gasteiger partial charge in [0.05, 0.1) is 6.54 Å². The first kappa shape index (κ1) is 24.4. The first-order chi connectivity index (χ1) is 13.0. The number of nitrogens with zero attached hydrogens (tertiary/aromatic N) is 3. The van der Waals surface area contributed by atoms with Gasteiger partial charge in [0.15, 0.2) is 0 Å². The fourth-order valence-electron chi connectivity index (χ4n) is 2.51. The number of hydrazine groups is 1. The third kappa shape index (κ3) is 7.28. The van der Waals surface area contributed by atoms with Gasteiger partial charge >= 0.3 is 0 Å². The quantitative estimate of drug-likeness (QED) is 0.459. The van der Waals surface area contributed by atoms with E-state index < -0.39 is 0 Å². The van der Waals surface area contributed by atoms with Gasteiger partial charge in [-0.15, -0.1) is 24.2 Å². The second-order valence-corrected chi connectivity index (χ2v) is 6.51. The molecule has 7 heteroatoms. The summed E-state index contributed by atoms with van der Waals surface area (Å²) >= 11 is 1.50. The minimum absolute atomic E-state index is 0.00402. The second kappa shape index (κ2) is 13.6. The van der Waals surface area contributed by atoms with Crippen molar-refractivity contribution < 1.29 is 4.79 Å². The number of nitriles is 1. The van der Waals surface area contributed by atoms with Crippen molar-refractivity contribution in [1.29, 1.82) is 5.26 Å². The summed E-state index contributed by atoms with van der Waals surface area (Å²) in [6, 6.07) is 2.22. The van der Waals surface area contributed by atoms with E-state index in [9.17, 15) is 4.79 Å². The van der Waals surface area contributed by atoms with E-state index in [1.54, 1.807) is 17.2 Å². The van der Waals surface area contributed by atoms with Crippen LogP contribution in [0.5, 0.6) is 0 Å². The van der Waals surface area contributed by atoms with Gasteiger partial charge in [0.1, 0.15) is 10.9 Å². The van der Waals surface area contributed by atoms with E-state index in [1.807, 2.05) is 19.0 Å². The Labute approximate surface area is 166 Å². The number of fused-ring (bicyclic) bond motifs is 1. The van der Waals surface area contributed by atoms with Crippen molar-refractivity contribution in [2.75, 3.05) is 26.7 Å². The first-order valence-corrected chi connectivity index (χ1v) is 9.40. The molecule has 0 atom stereocenters. The number of thiophene rings is 1. The molecule has 0 unspecified atom stereocenters. The van der Waals surface area contributed by atoms with Crippen LogP contribution in [0.3, 0.4) is 0 Å². The van der Waals surface area contributed by atoms with Crippen LogP contribution in [0.1, 0.15) is 27.8 Å². The van der Waals surface area contributed by atoms with Crippen molar-refractivity contribution in [2.45, 2.75) is 26.8 Å². The average molecular weight is 388 g/mol. The Morgan fingerprint density at radius 2 is 2.22 bits per heavy atom. The average Bonchev–Trinajstić information content (AvgIpc) is 3.04. The number of rotatable bonds is 5. The van der Waals surface area contributed by atoms with Crippen LogP contribution in [0.4, 0.5) is 0 Å². The van der Waals surface area contributed by atoms with Crippen molar-refractivity contribution in [3.05, 3.63) is 45.8 Å². The first-order valence-electron chi connectivity index (χ1n) is 8.58. The zero-order chi connectivity index (χ0) is 20.8. The number of carbonyl (C=O) groups is 1. The summed E-state index contributed by atoms with van der Waals surface area (Å²) in [5.41, 5.74) is 10.6. The Kier molecular flexibility index (Phi) is 12.3. The number of amides is 1. The van der Waals surface area contributed by atoms with Crippen molar-refractivity contribution in [1.82, 2.24) is 15.3 Å². The van der Waals surface area contributed by atoms with E-state index in [-0.39, 0.29) is 5.91 Å². The van der Waals surface area contributed by atoms with Crippen LogP contribution >= 0.6 is 11.3 Å². The fourth-order valence-corrected chi connectivity index (χ4v) is 3.68.